The second kappa shape index (κ2) is 5.37. The van der Waals surface area contributed by atoms with Gasteiger partial charge in [-0.1, -0.05) is 0 Å². The molecule has 19 heavy (non-hydrogen) atoms. The van der Waals surface area contributed by atoms with Crippen molar-refractivity contribution in [3.63, 3.8) is 0 Å². The predicted molar refractivity (Wildman–Crippen MR) is 66.4 cm³/mol. The van der Waals surface area contributed by atoms with E-state index >= 15 is 0 Å². The molecule has 1 aromatic rings. The molecule has 0 radical (unpaired) electrons. The van der Waals surface area contributed by atoms with Crippen molar-refractivity contribution in [3.8, 4) is 6.07 Å². The minimum absolute atomic E-state index is 0.0253. The molecule has 0 unspecified atom stereocenters. The van der Waals surface area contributed by atoms with Gasteiger partial charge in [0.15, 0.2) is 0 Å². The third-order valence-corrected chi connectivity index (χ3v) is 3.47. The molecule has 2 N–H and O–H groups in total. The van der Waals surface area contributed by atoms with E-state index in [2.05, 4.69) is 5.32 Å². The van der Waals surface area contributed by atoms with Crippen molar-refractivity contribution < 1.29 is 14.3 Å². The number of halogens is 1. The smallest absolute Gasteiger partial charge is 0.252 e. The maximum Gasteiger partial charge on any atom is 0.252 e. The Balaban J connectivity index is 2.03. The lowest BCUT2D eigenvalue weighted by Crippen LogP contribution is -2.44. The van der Waals surface area contributed by atoms with E-state index in [0.717, 1.165) is 12.8 Å². The summed E-state index contributed by atoms with van der Waals surface area (Å²) in [5, 5.41) is 21.3. The number of hydrogen-bond donors (Lipinski definition) is 2. The van der Waals surface area contributed by atoms with E-state index in [1.54, 1.807) is 0 Å². The number of carbonyl (C=O) groups is 1. The SMILES string of the molecule is N#Cc1ccc(F)c(CNC(=O)C2(O)CCCC2)c1. The molecule has 100 valence electrons. The zero-order valence-corrected chi connectivity index (χ0v) is 10.4. The second-order valence-corrected chi connectivity index (χ2v) is 4.84. The molecule has 0 saturated heterocycles. The largest absolute Gasteiger partial charge is 0.380 e. The second-order valence-electron chi connectivity index (χ2n) is 4.84. The first-order valence-corrected chi connectivity index (χ1v) is 6.24. The van der Waals surface area contributed by atoms with Crippen LogP contribution >= 0.6 is 0 Å². The molecular weight excluding hydrogens is 247 g/mol. The van der Waals surface area contributed by atoms with Gasteiger partial charge in [-0.15, -0.1) is 0 Å². The molecule has 4 nitrogen and oxygen atoms in total. The minimum atomic E-state index is -1.32. The van der Waals surface area contributed by atoms with Crippen molar-refractivity contribution in [1.82, 2.24) is 5.32 Å². The first kappa shape index (κ1) is 13.5. The standard InChI is InChI=1S/C14H15FN2O2/c15-12-4-3-10(8-16)7-11(12)9-17-13(18)14(19)5-1-2-6-14/h3-4,7,19H,1-2,5-6,9H2,(H,17,18). The molecule has 2 rings (SSSR count). The zero-order chi connectivity index (χ0) is 13.9. The number of nitrogens with zero attached hydrogens (tertiary/aromatic N) is 1. The highest BCUT2D eigenvalue weighted by molar-refractivity contribution is 5.85. The fraction of sp³-hybridized carbons (Fsp3) is 0.429. The Hall–Kier alpha value is -1.93. The van der Waals surface area contributed by atoms with Crippen LogP contribution in [0.4, 0.5) is 4.39 Å². The van der Waals surface area contributed by atoms with E-state index in [4.69, 9.17) is 5.26 Å². The Labute approximate surface area is 110 Å². The summed E-state index contributed by atoms with van der Waals surface area (Å²) in [5.41, 5.74) is -0.734. The molecular formula is C14H15FN2O2. The number of hydrogen-bond acceptors (Lipinski definition) is 3. The van der Waals surface area contributed by atoms with Crippen LogP contribution in [0.25, 0.3) is 0 Å². The highest BCUT2D eigenvalue weighted by Gasteiger charge is 2.38. The van der Waals surface area contributed by atoms with Gasteiger partial charge in [-0.25, -0.2) is 4.39 Å². The molecule has 1 aliphatic rings. The molecule has 0 bridgehead atoms. The van der Waals surface area contributed by atoms with Crippen molar-refractivity contribution in [1.29, 1.82) is 5.26 Å². The van der Waals surface area contributed by atoms with E-state index < -0.39 is 17.3 Å². The van der Waals surface area contributed by atoms with Gasteiger partial charge in [0.25, 0.3) is 5.91 Å². The first-order chi connectivity index (χ1) is 9.05. The van der Waals surface area contributed by atoms with Crippen LogP contribution in [0.1, 0.15) is 36.8 Å². The molecule has 0 aromatic heterocycles. The van der Waals surface area contributed by atoms with E-state index in [0.29, 0.717) is 18.4 Å². The Bertz CT molecular complexity index is 531. The van der Waals surface area contributed by atoms with Gasteiger partial charge >= 0.3 is 0 Å². The van der Waals surface area contributed by atoms with E-state index in [1.165, 1.54) is 18.2 Å². The van der Waals surface area contributed by atoms with Crippen molar-refractivity contribution in [2.24, 2.45) is 0 Å². The van der Waals surface area contributed by atoms with Crippen LogP contribution in [-0.2, 0) is 11.3 Å². The van der Waals surface area contributed by atoms with E-state index in [-0.39, 0.29) is 12.1 Å². The summed E-state index contributed by atoms with van der Waals surface area (Å²) in [6, 6.07) is 5.89. The predicted octanol–water partition coefficient (Wildman–Crippen LogP) is 1.62. The van der Waals surface area contributed by atoms with Gasteiger partial charge in [0, 0.05) is 12.1 Å². The fourth-order valence-corrected chi connectivity index (χ4v) is 2.31. The van der Waals surface area contributed by atoms with Crippen molar-refractivity contribution in [2.75, 3.05) is 0 Å². The van der Waals surface area contributed by atoms with Crippen molar-refractivity contribution in [2.45, 2.75) is 37.8 Å². The molecule has 0 atom stereocenters. The number of carbonyl (C=O) groups excluding carboxylic acids is 1. The van der Waals surface area contributed by atoms with Crippen LogP contribution in [0.2, 0.25) is 0 Å². The normalized spacial score (nSPS) is 16.9. The topological polar surface area (TPSA) is 73.1 Å². The lowest BCUT2D eigenvalue weighted by molar-refractivity contribution is -0.139. The van der Waals surface area contributed by atoms with E-state index in [9.17, 15) is 14.3 Å². The summed E-state index contributed by atoms with van der Waals surface area (Å²) in [7, 11) is 0. The van der Waals surface area contributed by atoms with Gasteiger partial charge in [-0.05, 0) is 43.9 Å². The molecule has 0 heterocycles. The first-order valence-electron chi connectivity index (χ1n) is 6.24. The van der Waals surface area contributed by atoms with Gasteiger partial charge in [0.05, 0.1) is 11.6 Å². The number of benzene rings is 1. The monoisotopic (exact) mass is 262 g/mol. The molecule has 1 aromatic carbocycles. The van der Waals surface area contributed by atoms with Crippen LogP contribution < -0.4 is 5.32 Å². The average Bonchev–Trinajstić information content (AvgIpc) is 2.85. The Morgan fingerprint density at radius 3 is 2.79 bits per heavy atom. The van der Waals surface area contributed by atoms with Crippen LogP contribution in [0.15, 0.2) is 18.2 Å². The van der Waals surface area contributed by atoms with Crippen LogP contribution in [0.3, 0.4) is 0 Å². The van der Waals surface area contributed by atoms with Gasteiger partial charge < -0.3 is 10.4 Å². The summed E-state index contributed by atoms with van der Waals surface area (Å²) in [6.07, 6.45) is 2.53. The van der Waals surface area contributed by atoms with Crippen molar-refractivity contribution in [3.05, 3.63) is 35.1 Å². The quantitative estimate of drug-likeness (QED) is 0.869. The number of nitriles is 1. The molecule has 1 saturated carbocycles. The summed E-state index contributed by atoms with van der Waals surface area (Å²) in [6.45, 7) is -0.0253. The van der Waals surface area contributed by atoms with Crippen LogP contribution in [-0.4, -0.2) is 16.6 Å². The molecule has 1 amide bonds. The lowest BCUT2D eigenvalue weighted by Gasteiger charge is -2.21. The molecule has 5 heteroatoms. The third-order valence-electron chi connectivity index (χ3n) is 3.47. The zero-order valence-electron chi connectivity index (χ0n) is 10.4. The van der Waals surface area contributed by atoms with Crippen molar-refractivity contribution >= 4 is 5.91 Å². The highest BCUT2D eigenvalue weighted by atomic mass is 19.1. The number of rotatable bonds is 3. The summed E-state index contributed by atoms with van der Waals surface area (Å²) < 4.78 is 13.5. The van der Waals surface area contributed by atoms with Crippen LogP contribution in [0.5, 0.6) is 0 Å². The molecule has 0 aliphatic heterocycles. The number of nitrogens with one attached hydrogen (secondary N) is 1. The third kappa shape index (κ3) is 2.91. The average molecular weight is 262 g/mol. The Morgan fingerprint density at radius 1 is 1.47 bits per heavy atom. The number of amides is 1. The summed E-state index contributed by atoms with van der Waals surface area (Å²) in [4.78, 5) is 11.9. The van der Waals surface area contributed by atoms with Gasteiger partial charge in [-0.2, -0.15) is 5.26 Å². The Morgan fingerprint density at radius 2 is 2.16 bits per heavy atom. The summed E-state index contributed by atoms with van der Waals surface area (Å²) in [5.74, 6) is -0.940. The number of aliphatic hydroxyl groups is 1. The minimum Gasteiger partial charge on any atom is -0.380 e. The molecule has 0 spiro atoms. The molecule has 1 fully saturated rings. The summed E-state index contributed by atoms with van der Waals surface area (Å²) >= 11 is 0. The van der Waals surface area contributed by atoms with Crippen LogP contribution in [0, 0.1) is 17.1 Å². The molecule has 1 aliphatic carbocycles. The maximum atomic E-state index is 13.5. The maximum absolute atomic E-state index is 13.5. The fourth-order valence-electron chi connectivity index (χ4n) is 2.31. The van der Waals surface area contributed by atoms with Gasteiger partial charge in [0.2, 0.25) is 0 Å². The highest BCUT2D eigenvalue weighted by Crippen LogP contribution is 2.29. The Kier molecular flexibility index (Phi) is 3.82. The van der Waals surface area contributed by atoms with E-state index in [1.807, 2.05) is 6.07 Å². The van der Waals surface area contributed by atoms with Gasteiger partial charge in [-0.3, -0.25) is 4.79 Å². The lowest BCUT2D eigenvalue weighted by atomic mass is 10.0. The van der Waals surface area contributed by atoms with Gasteiger partial charge in [0.1, 0.15) is 11.4 Å².